The maximum Gasteiger partial charge on any atom is 0.346 e. The summed E-state index contributed by atoms with van der Waals surface area (Å²) in [6, 6.07) is 14.6. The van der Waals surface area contributed by atoms with Crippen molar-refractivity contribution in [2.45, 2.75) is 39.3 Å². The Morgan fingerprint density at radius 2 is 1.88 bits per heavy atom. The van der Waals surface area contributed by atoms with Gasteiger partial charge in [0.05, 0.1) is 6.54 Å². The van der Waals surface area contributed by atoms with Crippen LogP contribution in [0.1, 0.15) is 31.2 Å². The Bertz CT molecular complexity index is 945. The van der Waals surface area contributed by atoms with Crippen LogP contribution >= 0.6 is 0 Å². The third-order valence-corrected chi connectivity index (χ3v) is 5.45. The molecule has 1 N–H and O–H groups in total. The minimum atomic E-state index is 0.00405. The van der Waals surface area contributed by atoms with Crippen molar-refractivity contribution in [2.75, 3.05) is 13.1 Å². The second-order valence-corrected chi connectivity index (χ2v) is 7.14. The predicted molar refractivity (Wildman–Crippen MR) is 105 cm³/mol. The highest BCUT2D eigenvalue weighted by atomic mass is 16.2. The number of nitrogens with one attached hydrogen (secondary N) is 1. The molecule has 0 unspecified atom stereocenters. The summed E-state index contributed by atoms with van der Waals surface area (Å²) in [4.78, 5) is 12.9. The third-order valence-electron chi connectivity index (χ3n) is 5.45. The van der Waals surface area contributed by atoms with E-state index in [2.05, 4.69) is 35.6 Å². The number of hydrogen-bond acceptors (Lipinski definition) is 3. The minimum absolute atomic E-state index is 0.00405. The normalized spacial score (nSPS) is 15.6. The average Bonchev–Trinajstić information content (AvgIpc) is 2.97. The van der Waals surface area contributed by atoms with Gasteiger partial charge in [-0.2, -0.15) is 5.10 Å². The third kappa shape index (κ3) is 3.31. The quantitative estimate of drug-likeness (QED) is 0.770. The summed E-state index contributed by atoms with van der Waals surface area (Å²) in [7, 11) is 0. The molecule has 1 saturated heterocycles. The fraction of sp³-hybridized carbons (Fsp3) is 0.429. The Balaban J connectivity index is 1.65. The highest BCUT2D eigenvalue weighted by Crippen LogP contribution is 2.20. The van der Waals surface area contributed by atoms with E-state index in [1.54, 1.807) is 4.68 Å². The van der Waals surface area contributed by atoms with E-state index in [1.165, 1.54) is 10.8 Å². The molecule has 5 heteroatoms. The molecule has 3 aromatic rings. The van der Waals surface area contributed by atoms with Gasteiger partial charge in [-0.3, -0.25) is 4.57 Å². The molecule has 2 heterocycles. The van der Waals surface area contributed by atoms with E-state index in [1.807, 2.05) is 23.6 Å². The molecular formula is C21H26N4O. The Morgan fingerprint density at radius 1 is 1.12 bits per heavy atom. The summed E-state index contributed by atoms with van der Waals surface area (Å²) in [5, 5.41) is 10.5. The second kappa shape index (κ2) is 7.46. The van der Waals surface area contributed by atoms with E-state index in [9.17, 15) is 4.79 Å². The van der Waals surface area contributed by atoms with Gasteiger partial charge in [-0.1, -0.05) is 42.5 Å². The fourth-order valence-corrected chi connectivity index (χ4v) is 3.99. The van der Waals surface area contributed by atoms with Gasteiger partial charge in [-0.15, -0.1) is 0 Å². The van der Waals surface area contributed by atoms with E-state index in [0.717, 1.165) is 43.7 Å². The van der Waals surface area contributed by atoms with Crippen LogP contribution in [0, 0.1) is 5.92 Å². The standard InChI is InChI=1S/C21H26N4O/c1-2-24-20(14-16-10-12-22-13-11-16)23-25(21(24)26)15-18-8-5-7-17-6-3-4-9-19(17)18/h3-9,16,22H,2,10-15H2,1H3. The number of fused-ring (bicyclic) bond motifs is 1. The molecule has 0 atom stereocenters. The first-order valence-corrected chi connectivity index (χ1v) is 9.60. The van der Waals surface area contributed by atoms with Gasteiger partial charge < -0.3 is 5.32 Å². The number of nitrogens with zero attached hydrogens (tertiary/aromatic N) is 3. The van der Waals surface area contributed by atoms with Crippen molar-refractivity contribution < 1.29 is 0 Å². The monoisotopic (exact) mass is 350 g/mol. The van der Waals surface area contributed by atoms with Gasteiger partial charge in [0.1, 0.15) is 5.82 Å². The van der Waals surface area contributed by atoms with Crippen molar-refractivity contribution in [3.8, 4) is 0 Å². The molecule has 1 aliphatic heterocycles. The average molecular weight is 350 g/mol. The van der Waals surface area contributed by atoms with Gasteiger partial charge in [0, 0.05) is 13.0 Å². The van der Waals surface area contributed by atoms with Crippen LogP contribution in [0.2, 0.25) is 0 Å². The van der Waals surface area contributed by atoms with Crippen LogP contribution in [-0.4, -0.2) is 27.4 Å². The zero-order chi connectivity index (χ0) is 17.9. The van der Waals surface area contributed by atoms with E-state index < -0.39 is 0 Å². The molecular weight excluding hydrogens is 324 g/mol. The SMILES string of the molecule is CCn1c(CC2CCNCC2)nn(Cc2cccc3ccccc23)c1=O. The maximum atomic E-state index is 12.9. The molecule has 0 bridgehead atoms. The summed E-state index contributed by atoms with van der Waals surface area (Å²) < 4.78 is 3.48. The van der Waals surface area contributed by atoms with Crippen LogP contribution in [-0.2, 0) is 19.5 Å². The van der Waals surface area contributed by atoms with Crippen molar-refractivity contribution in [1.29, 1.82) is 0 Å². The van der Waals surface area contributed by atoms with Crippen molar-refractivity contribution in [3.05, 3.63) is 64.3 Å². The van der Waals surface area contributed by atoms with Crippen molar-refractivity contribution in [3.63, 3.8) is 0 Å². The Kier molecular flexibility index (Phi) is 4.89. The van der Waals surface area contributed by atoms with Gasteiger partial charge in [0.15, 0.2) is 0 Å². The first-order valence-electron chi connectivity index (χ1n) is 9.60. The zero-order valence-corrected chi connectivity index (χ0v) is 15.3. The van der Waals surface area contributed by atoms with Crippen molar-refractivity contribution in [2.24, 2.45) is 5.92 Å². The molecule has 4 rings (SSSR count). The molecule has 1 aromatic heterocycles. The van der Waals surface area contributed by atoms with Crippen LogP contribution in [0.3, 0.4) is 0 Å². The van der Waals surface area contributed by atoms with Gasteiger partial charge in [-0.25, -0.2) is 9.48 Å². The largest absolute Gasteiger partial charge is 0.346 e. The number of rotatable bonds is 5. The molecule has 1 aliphatic rings. The van der Waals surface area contributed by atoms with E-state index in [0.29, 0.717) is 19.0 Å². The van der Waals surface area contributed by atoms with Crippen molar-refractivity contribution >= 4 is 10.8 Å². The van der Waals surface area contributed by atoms with Gasteiger partial charge in [-0.05, 0) is 55.1 Å². The number of aromatic nitrogens is 3. The first kappa shape index (κ1) is 17.0. The van der Waals surface area contributed by atoms with Crippen LogP contribution in [0.25, 0.3) is 10.8 Å². The molecule has 5 nitrogen and oxygen atoms in total. The summed E-state index contributed by atoms with van der Waals surface area (Å²) >= 11 is 0. The smallest absolute Gasteiger partial charge is 0.317 e. The molecule has 1 fully saturated rings. The zero-order valence-electron chi connectivity index (χ0n) is 15.3. The Hall–Kier alpha value is -2.40. The van der Waals surface area contributed by atoms with E-state index >= 15 is 0 Å². The summed E-state index contributed by atoms with van der Waals surface area (Å²) in [6.45, 7) is 5.35. The number of benzene rings is 2. The van der Waals surface area contributed by atoms with Gasteiger partial charge in [0.2, 0.25) is 0 Å². The molecule has 0 aliphatic carbocycles. The van der Waals surface area contributed by atoms with Gasteiger partial charge in [0.25, 0.3) is 0 Å². The summed E-state index contributed by atoms with van der Waals surface area (Å²) in [6.07, 6.45) is 3.22. The summed E-state index contributed by atoms with van der Waals surface area (Å²) in [5.41, 5.74) is 1.14. The van der Waals surface area contributed by atoms with E-state index in [4.69, 9.17) is 5.10 Å². The highest BCUT2D eigenvalue weighted by Gasteiger charge is 2.19. The lowest BCUT2D eigenvalue weighted by molar-refractivity contribution is 0.362. The molecule has 136 valence electrons. The highest BCUT2D eigenvalue weighted by molar-refractivity contribution is 5.85. The van der Waals surface area contributed by atoms with E-state index in [-0.39, 0.29) is 5.69 Å². The topological polar surface area (TPSA) is 51.9 Å². The molecule has 2 aromatic carbocycles. The first-order chi connectivity index (χ1) is 12.8. The second-order valence-electron chi connectivity index (χ2n) is 7.14. The van der Waals surface area contributed by atoms with Gasteiger partial charge >= 0.3 is 5.69 Å². The van der Waals surface area contributed by atoms with Crippen LogP contribution in [0.4, 0.5) is 0 Å². The molecule has 26 heavy (non-hydrogen) atoms. The van der Waals surface area contributed by atoms with Crippen LogP contribution in [0.5, 0.6) is 0 Å². The minimum Gasteiger partial charge on any atom is -0.317 e. The molecule has 0 saturated carbocycles. The molecule has 0 radical (unpaired) electrons. The lowest BCUT2D eigenvalue weighted by Crippen LogP contribution is -2.30. The number of hydrogen-bond donors (Lipinski definition) is 1. The lowest BCUT2D eigenvalue weighted by Gasteiger charge is -2.21. The molecule has 0 amide bonds. The summed E-state index contributed by atoms with van der Waals surface area (Å²) in [5.74, 6) is 1.55. The van der Waals surface area contributed by atoms with Crippen LogP contribution in [0.15, 0.2) is 47.3 Å². The van der Waals surface area contributed by atoms with Crippen molar-refractivity contribution in [1.82, 2.24) is 19.7 Å². The number of piperidine rings is 1. The fourth-order valence-electron chi connectivity index (χ4n) is 3.99. The molecule has 0 spiro atoms. The predicted octanol–water partition coefficient (Wildman–Crippen LogP) is 2.81. The lowest BCUT2D eigenvalue weighted by atomic mass is 9.94. The maximum absolute atomic E-state index is 12.9. The van der Waals surface area contributed by atoms with Crippen LogP contribution < -0.4 is 11.0 Å². The Labute approximate surface area is 153 Å². The Morgan fingerprint density at radius 3 is 2.69 bits per heavy atom.